The number of hydrogen-bond acceptors (Lipinski definition) is 4. The van der Waals surface area contributed by atoms with Gasteiger partial charge in [0.1, 0.15) is 5.60 Å². The van der Waals surface area contributed by atoms with Gasteiger partial charge in [0.05, 0.1) is 11.7 Å². The van der Waals surface area contributed by atoms with Crippen LogP contribution in [0.2, 0.25) is 0 Å². The first-order chi connectivity index (χ1) is 11.5. The number of carbonyl (C=O) groups is 1. The third-order valence-corrected chi connectivity index (χ3v) is 3.78. The first-order valence-corrected chi connectivity index (χ1v) is 8.11. The van der Waals surface area contributed by atoms with Crippen LogP contribution in [-0.4, -0.2) is 29.5 Å². The minimum absolute atomic E-state index is 0.110. The van der Waals surface area contributed by atoms with Gasteiger partial charge >= 0.3 is 12.5 Å². The molecule has 1 amide bonds. The monoisotopic (exact) mass is 360 g/mol. The molecule has 1 aromatic carbocycles. The summed E-state index contributed by atoms with van der Waals surface area (Å²) in [4.78, 5) is 14.0. The Labute approximate surface area is 144 Å². The Hall–Kier alpha value is -2.12. The van der Waals surface area contributed by atoms with Crippen LogP contribution in [0.1, 0.15) is 51.6 Å². The number of nitrogen functional groups attached to an aromatic ring is 1. The van der Waals surface area contributed by atoms with Gasteiger partial charge in [-0.15, -0.1) is 13.2 Å². The van der Waals surface area contributed by atoms with E-state index >= 15 is 0 Å². The zero-order valence-corrected chi connectivity index (χ0v) is 14.5. The van der Waals surface area contributed by atoms with Crippen LogP contribution in [0.5, 0.6) is 5.75 Å². The number of likely N-dealkylation sites (tertiary alicyclic amines) is 1. The number of carbonyl (C=O) groups excluding carboxylic acids is 1. The molecule has 0 aliphatic carbocycles. The van der Waals surface area contributed by atoms with Crippen molar-refractivity contribution in [3.05, 3.63) is 23.8 Å². The molecule has 2 N–H and O–H groups in total. The van der Waals surface area contributed by atoms with Crippen molar-refractivity contribution in [1.29, 1.82) is 0 Å². The van der Waals surface area contributed by atoms with E-state index in [0.29, 0.717) is 18.5 Å². The van der Waals surface area contributed by atoms with Crippen LogP contribution in [0.25, 0.3) is 0 Å². The number of anilines is 1. The summed E-state index contributed by atoms with van der Waals surface area (Å²) in [6.07, 6.45) is -2.99. The van der Waals surface area contributed by atoms with Gasteiger partial charge in [-0.05, 0) is 57.7 Å². The van der Waals surface area contributed by atoms with E-state index in [9.17, 15) is 18.0 Å². The summed E-state index contributed by atoms with van der Waals surface area (Å²) < 4.78 is 47.0. The van der Waals surface area contributed by atoms with Crippen LogP contribution >= 0.6 is 0 Å². The number of hydrogen-bond donors (Lipinski definition) is 1. The fraction of sp³-hybridized carbons (Fsp3) is 0.588. The highest BCUT2D eigenvalue weighted by Crippen LogP contribution is 2.37. The summed E-state index contributed by atoms with van der Waals surface area (Å²) in [5, 5.41) is 0. The van der Waals surface area contributed by atoms with Crippen LogP contribution in [-0.2, 0) is 4.74 Å². The molecule has 1 heterocycles. The van der Waals surface area contributed by atoms with Crippen molar-refractivity contribution >= 4 is 11.8 Å². The molecular formula is C17H23F3N2O3. The molecule has 1 saturated heterocycles. The minimum Gasteiger partial charge on any atom is -0.444 e. The number of rotatable bonds is 2. The standard InChI is InChI=1S/C17H23F3N2O3/c1-16(2,3)25-15(23)22-9-5-4-6-13(22)11-7-8-12(21)14(10-11)24-17(18,19)20/h7-8,10,13H,4-6,9,21H2,1-3H3. The Morgan fingerprint density at radius 3 is 2.52 bits per heavy atom. The summed E-state index contributed by atoms with van der Waals surface area (Å²) >= 11 is 0. The molecule has 0 bridgehead atoms. The number of ether oxygens (including phenoxy) is 2. The van der Waals surface area contributed by atoms with Crippen molar-refractivity contribution in [1.82, 2.24) is 4.90 Å². The fourth-order valence-electron chi connectivity index (χ4n) is 2.79. The number of alkyl halides is 3. The normalized spacial score (nSPS) is 18.8. The molecule has 0 aromatic heterocycles. The predicted octanol–water partition coefficient (Wildman–Crippen LogP) is 4.63. The van der Waals surface area contributed by atoms with Gasteiger partial charge in [-0.1, -0.05) is 6.07 Å². The second-order valence-electron chi connectivity index (χ2n) is 7.03. The molecule has 1 unspecified atom stereocenters. The molecule has 1 fully saturated rings. The second kappa shape index (κ2) is 7.01. The van der Waals surface area contributed by atoms with E-state index in [2.05, 4.69) is 4.74 Å². The number of amides is 1. The first-order valence-electron chi connectivity index (χ1n) is 8.11. The van der Waals surface area contributed by atoms with Gasteiger partial charge in [0.15, 0.2) is 5.75 Å². The molecular weight excluding hydrogens is 337 g/mol. The molecule has 140 valence electrons. The van der Waals surface area contributed by atoms with Crippen molar-refractivity contribution in [2.45, 2.75) is 58.0 Å². The van der Waals surface area contributed by atoms with Gasteiger partial charge in [-0.3, -0.25) is 0 Å². The highest BCUT2D eigenvalue weighted by Gasteiger charge is 2.34. The topological polar surface area (TPSA) is 64.8 Å². The predicted molar refractivity (Wildman–Crippen MR) is 87.1 cm³/mol. The highest BCUT2D eigenvalue weighted by molar-refractivity contribution is 5.69. The molecule has 0 saturated carbocycles. The maximum absolute atomic E-state index is 12.5. The summed E-state index contributed by atoms with van der Waals surface area (Å²) in [7, 11) is 0. The zero-order chi connectivity index (χ0) is 18.8. The minimum atomic E-state index is -4.83. The van der Waals surface area contributed by atoms with Gasteiger partial charge in [-0.2, -0.15) is 0 Å². The smallest absolute Gasteiger partial charge is 0.444 e. The van der Waals surface area contributed by atoms with E-state index in [1.165, 1.54) is 12.1 Å². The average molecular weight is 360 g/mol. The highest BCUT2D eigenvalue weighted by atomic mass is 19.4. The Balaban J connectivity index is 2.27. The second-order valence-corrected chi connectivity index (χ2v) is 7.03. The summed E-state index contributed by atoms with van der Waals surface area (Å²) in [6.45, 7) is 5.78. The van der Waals surface area contributed by atoms with E-state index in [0.717, 1.165) is 12.8 Å². The van der Waals surface area contributed by atoms with Gasteiger partial charge < -0.3 is 20.1 Å². The molecule has 2 rings (SSSR count). The summed E-state index contributed by atoms with van der Waals surface area (Å²) in [6, 6.07) is 3.85. The Bertz CT molecular complexity index is 627. The Morgan fingerprint density at radius 2 is 1.92 bits per heavy atom. The average Bonchev–Trinajstić information content (AvgIpc) is 2.46. The van der Waals surface area contributed by atoms with Crippen molar-refractivity contribution in [2.75, 3.05) is 12.3 Å². The molecule has 0 spiro atoms. The van der Waals surface area contributed by atoms with E-state index in [1.54, 1.807) is 31.7 Å². The van der Waals surface area contributed by atoms with E-state index in [4.69, 9.17) is 10.5 Å². The molecule has 8 heteroatoms. The van der Waals surface area contributed by atoms with Gasteiger partial charge in [0.25, 0.3) is 0 Å². The van der Waals surface area contributed by atoms with Crippen LogP contribution in [0.3, 0.4) is 0 Å². The lowest BCUT2D eigenvalue weighted by Gasteiger charge is -2.37. The summed E-state index contributed by atoms with van der Waals surface area (Å²) in [5.41, 5.74) is 5.36. The Morgan fingerprint density at radius 1 is 1.24 bits per heavy atom. The lowest BCUT2D eigenvalue weighted by Crippen LogP contribution is -2.41. The van der Waals surface area contributed by atoms with Crippen LogP contribution in [0.15, 0.2) is 18.2 Å². The molecule has 0 radical (unpaired) electrons. The van der Waals surface area contributed by atoms with Crippen LogP contribution in [0, 0.1) is 0 Å². The fourth-order valence-corrected chi connectivity index (χ4v) is 2.79. The lowest BCUT2D eigenvalue weighted by molar-refractivity contribution is -0.274. The number of nitrogens with two attached hydrogens (primary N) is 1. The first kappa shape index (κ1) is 19.2. The van der Waals surface area contributed by atoms with Crippen molar-refractivity contribution in [2.24, 2.45) is 0 Å². The zero-order valence-electron chi connectivity index (χ0n) is 14.5. The van der Waals surface area contributed by atoms with Crippen LogP contribution < -0.4 is 10.5 Å². The largest absolute Gasteiger partial charge is 0.573 e. The number of nitrogens with zero attached hydrogens (tertiary/aromatic N) is 1. The molecule has 5 nitrogen and oxygen atoms in total. The number of piperidine rings is 1. The summed E-state index contributed by atoms with van der Waals surface area (Å²) in [5.74, 6) is -0.459. The number of benzene rings is 1. The molecule has 1 aliphatic rings. The van der Waals surface area contributed by atoms with Gasteiger partial charge in [0, 0.05) is 6.54 Å². The van der Waals surface area contributed by atoms with Crippen molar-refractivity contribution in [3.63, 3.8) is 0 Å². The van der Waals surface area contributed by atoms with Gasteiger partial charge in [0.2, 0.25) is 0 Å². The number of halogens is 3. The van der Waals surface area contributed by atoms with E-state index in [1.807, 2.05) is 0 Å². The molecule has 1 atom stereocenters. The maximum Gasteiger partial charge on any atom is 0.573 e. The van der Waals surface area contributed by atoms with Crippen molar-refractivity contribution < 1.29 is 27.4 Å². The lowest BCUT2D eigenvalue weighted by atomic mass is 9.95. The van der Waals surface area contributed by atoms with E-state index < -0.39 is 23.8 Å². The van der Waals surface area contributed by atoms with Crippen molar-refractivity contribution in [3.8, 4) is 5.75 Å². The van der Waals surface area contributed by atoms with E-state index in [-0.39, 0.29) is 11.7 Å². The quantitative estimate of drug-likeness (QED) is 0.781. The maximum atomic E-state index is 12.5. The van der Waals surface area contributed by atoms with Crippen LogP contribution in [0.4, 0.5) is 23.7 Å². The third-order valence-electron chi connectivity index (χ3n) is 3.78. The SMILES string of the molecule is CC(C)(C)OC(=O)N1CCCCC1c1ccc(N)c(OC(F)(F)F)c1. The van der Waals surface area contributed by atoms with Gasteiger partial charge in [-0.25, -0.2) is 4.79 Å². The Kier molecular flexibility index (Phi) is 5.39. The molecule has 1 aromatic rings. The molecule has 1 aliphatic heterocycles. The molecule has 25 heavy (non-hydrogen) atoms. The third kappa shape index (κ3) is 5.44.